The van der Waals surface area contributed by atoms with E-state index in [0.29, 0.717) is 0 Å². The number of benzene rings is 1. The minimum atomic E-state index is -3.93. The normalized spacial score (nSPS) is 11.7. The third-order valence-electron chi connectivity index (χ3n) is 3.03. The van der Waals surface area contributed by atoms with Crippen LogP contribution in [0, 0.1) is 10.1 Å². The Balaban J connectivity index is 2.28. The molecule has 0 saturated carbocycles. The molecular weight excluding hydrogens is 330 g/mol. The van der Waals surface area contributed by atoms with Crippen molar-refractivity contribution in [2.24, 2.45) is 0 Å². The Labute approximate surface area is 130 Å². The first-order chi connectivity index (χ1) is 10.4. The zero-order valence-corrected chi connectivity index (χ0v) is 12.5. The Bertz CT molecular complexity index is 983. The molecule has 9 heteroatoms. The van der Waals surface area contributed by atoms with Crippen molar-refractivity contribution in [2.75, 3.05) is 0 Å². The molecule has 0 radical (unpaired) electrons. The maximum absolute atomic E-state index is 12.7. The predicted molar refractivity (Wildman–Crippen MR) is 80.4 cm³/mol. The zero-order chi connectivity index (χ0) is 15.9. The Morgan fingerprint density at radius 2 is 1.86 bits per heavy atom. The van der Waals surface area contributed by atoms with Gasteiger partial charge in [0.2, 0.25) is 0 Å². The molecule has 112 valence electrons. The smallest absolute Gasteiger partial charge is 0.258 e. The van der Waals surface area contributed by atoms with E-state index in [-0.39, 0.29) is 26.8 Å². The Morgan fingerprint density at radius 1 is 1.18 bits per heavy atom. The second kappa shape index (κ2) is 5.08. The standard InChI is InChI=1S/C13H8ClN3O4S/c14-12-7-9-6-10(17(18)19)8-15-13(9)16(12)22(20,21)11-4-2-1-3-5-11/h1-8H. The summed E-state index contributed by atoms with van der Waals surface area (Å²) in [6.07, 6.45) is 0.996. The number of nitrogens with zero attached hydrogens (tertiary/aromatic N) is 3. The summed E-state index contributed by atoms with van der Waals surface area (Å²) in [6, 6.07) is 10.3. The summed E-state index contributed by atoms with van der Waals surface area (Å²) in [5.41, 5.74) is -0.196. The summed E-state index contributed by atoms with van der Waals surface area (Å²) >= 11 is 6.01. The van der Waals surface area contributed by atoms with Gasteiger partial charge in [-0.1, -0.05) is 29.8 Å². The molecule has 0 aliphatic rings. The van der Waals surface area contributed by atoms with Gasteiger partial charge in [0, 0.05) is 11.5 Å². The molecule has 0 spiro atoms. The lowest BCUT2D eigenvalue weighted by atomic mass is 10.3. The highest BCUT2D eigenvalue weighted by molar-refractivity contribution is 7.90. The molecular formula is C13H8ClN3O4S. The number of hydrogen-bond donors (Lipinski definition) is 0. The van der Waals surface area contributed by atoms with Gasteiger partial charge >= 0.3 is 0 Å². The second-order valence-electron chi connectivity index (χ2n) is 4.41. The molecule has 0 aliphatic heterocycles. The van der Waals surface area contributed by atoms with E-state index in [9.17, 15) is 18.5 Å². The second-order valence-corrected chi connectivity index (χ2v) is 6.59. The van der Waals surface area contributed by atoms with Gasteiger partial charge in [-0.25, -0.2) is 17.4 Å². The molecule has 2 heterocycles. The van der Waals surface area contributed by atoms with Crippen molar-refractivity contribution in [3.63, 3.8) is 0 Å². The highest BCUT2D eigenvalue weighted by Gasteiger charge is 2.24. The van der Waals surface area contributed by atoms with Crippen LogP contribution in [0.5, 0.6) is 0 Å². The fourth-order valence-electron chi connectivity index (χ4n) is 2.05. The predicted octanol–water partition coefficient (Wildman–Crippen LogP) is 2.83. The SMILES string of the molecule is O=[N+]([O-])c1cnc2c(c1)cc(Cl)n2S(=O)(=O)c1ccccc1. The third kappa shape index (κ3) is 2.22. The monoisotopic (exact) mass is 337 g/mol. The van der Waals surface area contributed by atoms with Crippen LogP contribution in [0.2, 0.25) is 5.15 Å². The van der Waals surface area contributed by atoms with Gasteiger partial charge in [-0.2, -0.15) is 0 Å². The van der Waals surface area contributed by atoms with Crippen molar-refractivity contribution in [1.29, 1.82) is 0 Å². The van der Waals surface area contributed by atoms with Crippen molar-refractivity contribution in [3.05, 3.63) is 63.9 Å². The van der Waals surface area contributed by atoms with Crippen molar-refractivity contribution in [3.8, 4) is 0 Å². The first-order valence-corrected chi connectivity index (χ1v) is 7.85. The summed E-state index contributed by atoms with van der Waals surface area (Å²) in [7, 11) is -3.93. The van der Waals surface area contributed by atoms with E-state index in [1.807, 2.05) is 0 Å². The summed E-state index contributed by atoms with van der Waals surface area (Å²) in [4.78, 5) is 14.1. The number of rotatable bonds is 3. The summed E-state index contributed by atoms with van der Waals surface area (Å²) in [6.45, 7) is 0. The minimum Gasteiger partial charge on any atom is -0.258 e. The van der Waals surface area contributed by atoms with E-state index in [2.05, 4.69) is 4.98 Å². The van der Waals surface area contributed by atoms with Crippen molar-refractivity contribution in [1.82, 2.24) is 8.96 Å². The van der Waals surface area contributed by atoms with Crippen LogP contribution in [-0.4, -0.2) is 22.3 Å². The molecule has 0 bridgehead atoms. The number of nitro groups is 1. The fourth-order valence-corrected chi connectivity index (χ4v) is 3.90. The Kier molecular flexibility index (Phi) is 3.34. The van der Waals surface area contributed by atoms with Gasteiger partial charge in [-0.3, -0.25) is 10.1 Å². The molecule has 22 heavy (non-hydrogen) atoms. The van der Waals surface area contributed by atoms with Crippen LogP contribution in [0.4, 0.5) is 5.69 Å². The van der Waals surface area contributed by atoms with Crippen LogP contribution >= 0.6 is 11.6 Å². The number of pyridine rings is 1. The Hall–Kier alpha value is -2.45. The van der Waals surface area contributed by atoms with Crippen molar-refractivity contribution < 1.29 is 13.3 Å². The van der Waals surface area contributed by atoms with Crippen LogP contribution in [-0.2, 0) is 10.0 Å². The van der Waals surface area contributed by atoms with Crippen LogP contribution in [0.15, 0.2) is 53.6 Å². The summed E-state index contributed by atoms with van der Waals surface area (Å²) < 4.78 is 26.2. The molecule has 3 aromatic rings. The first kappa shape index (κ1) is 14.5. The summed E-state index contributed by atoms with van der Waals surface area (Å²) in [5, 5.41) is 10.9. The van der Waals surface area contributed by atoms with E-state index in [0.717, 1.165) is 10.2 Å². The quantitative estimate of drug-likeness (QED) is 0.541. The molecule has 0 N–H and O–H groups in total. The molecule has 0 saturated heterocycles. The van der Waals surface area contributed by atoms with Crippen LogP contribution in [0.25, 0.3) is 11.0 Å². The molecule has 1 aromatic carbocycles. The molecule has 0 fully saturated rings. The highest BCUT2D eigenvalue weighted by Crippen LogP contribution is 2.29. The molecule has 0 aliphatic carbocycles. The Morgan fingerprint density at radius 3 is 2.50 bits per heavy atom. The average molecular weight is 338 g/mol. The van der Waals surface area contributed by atoms with Crippen molar-refractivity contribution >= 4 is 38.3 Å². The van der Waals surface area contributed by atoms with E-state index in [1.54, 1.807) is 18.2 Å². The molecule has 0 unspecified atom stereocenters. The van der Waals surface area contributed by atoms with Crippen LogP contribution in [0.1, 0.15) is 0 Å². The zero-order valence-electron chi connectivity index (χ0n) is 10.9. The van der Waals surface area contributed by atoms with Crippen LogP contribution in [0.3, 0.4) is 0 Å². The van der Waals surface area contributed by atoms with Gasteiger partial charge in [-0.15, -0.1) is 0 Å². The van der Waals surface area contributed by atoms with E-state index >= 15 is 0 Å². The average Bonchev–Trinajstić information content (AvgIpc) is 2.83. The van der Waals surface area contributed by atoms with E-state index < -0.39 is 14.9 Å². The van der Waals surface area contributed by atoms with Gasteiger partial charge in [0.15, 0.2) is 5.65 Å². The minimum absolute atomic E-state index is 0.0412. The van der Waals surface area contributed by atoms with E-state index in [4.69, 9.17) is 11.6 Å². The first-order valence-electron chi connectivity index (χ1n) is 6.03. The van der Waals surface area contributed by atoms with Crippen molar-refractivity contribution in [2.45, 2.75) is 4.90 Å². The maximum Gasteiger partial charge on any atom is 0.288 e. The molecule has 7 nitrogen and oxygen atoms in total. The fraction of sp³-hybridized carbons (Fsp3) is 0. The van der Waals surface area contributed by atoms with Gasteiger partial charge in [0.05, 0.1) is 9.82 Å². The van der Waals surface area contributed by atoms with Gasteiger partial charge in [0.25, 0.3) is 15.7 Å². The number of hydrogen-bond acceptors (Lipinski definition) is 5. The maximum atomic E-state index is 12.7. The van der Waals surface area contributed by atoms with E-state index in [1.165, 1.54) is 24.3 Å². The van der Waals surface area contributed by atoms with Gasteiger partial charge < -0.3 is 0 Å². The number of fused-ring (bicyclic) bond motifs is 1. The largest absolute Gasteiger partial charge is 0.288 e. The van der Waals surface area contributed by atoms with Gasteiger partial charge in [0.1, 0.15) is 11.3 Å². The topological polar surface area (TPSA) is 95.1 Å². The molecule has 2 aromatic heterocycles. The number of aromatic nitrogens is 2. The third-order valence-corrected chi connectivity index (χ3v) is 5.13. The lowest BCUT2D eigenvalue weighted by molar-refractivity contribution is -0.385. The summed E-state index contributed by atoms with van der Waals surface area (Å²) in [5.74, 6) is 0. The lowest BCUT2D eigenvalue weighted by Gasteiger charge is -2.07. The lowest BCUT2D eigenvalue weighted by Crippen LogP contribution is -2.13. The highest BCUT2D eigenvalue weighted by atomic mass is 35.5. The molecule has 3 rings (SSSR count). The molecule has 0 atom stereocenters. The number of halogens is 1. The molecule has 0 amide bonds. The van der Waals surface area contributed by atoms with Gasteiger partial charge in [-0.05, 0) is 18.2 Å². The van der Waals surface area contributed by atoms with Crippen LogP contribution < -0.4 is 0 Å².